The predicted molar refractivity (Wildman–Crippen MR) is 71.0 cm³/mol. The summed E-state index contributed by atoms with van der Waals surface area (Å²) in [4.78, 5) is 23.0. The van der Waals surface area contributed by atoms with Crippen molar-refractivity contribution in [1.29, 1.82) is 0 Å². The smallest absolute Gasteiger partial charge is 0.341 e. The maximum Gasteiger partial charge on any atom is 0.341 e. The van der Waals surface area contributed by atoms with E-state index in [-0.39, 0.29) is 17.7 Å². The first kappa shape index (κ1) is 16.0. The molecule has 1 rings (SSSR count). The van der Waals surface area contributed by atoms with Gasteiger partial charge >= 0.3 is 11.9 Å². The first-order valence-electron chi connectivity index (χ1n) is 6.04. The molecule has 1 aromatic rings. The summed E-state index contributed by atoms with van der Waals surface area (Å²) in [5.74, 6) is -0.727. The Kier molecular flexibility index (Phi) is 5.52. The minimum absolute atomic E-state index is 0.0550. The summed E-state index contributed by atoms with van der Waals surface area (Å²) < 4.78 is 14.8. The molecule has 1 N–H and O–H groups in total. The lowest BCUT2D eigenvalue weighted by molar-refractivity contribution is -0.131. The second-order valence-electron chi connectivity index (χ2n) is 4.30. The summed E-state index contributed by atoms with van der Waals surface area (Å²) >= 11 is 0. The first-order valence-corrected chi connectivity index (χ1v) is 6.04. The molecule has 0 aliphatic heterocycles. The number of aliphatic hydroxyl groups excluding tert-OH is 1. The van der Waals surface area contributed by atoms with E-state index in [2.05, 4.69) is 0 Å². The number of esters is 2. The molecule has 1 unspecified atom stereocenters. The molecule has 0 aromatic heterocycles. The lowest BCUT2D eigenvalue weighted by Gasteiger charge is -2.15. The summed E-state index contributed by atoms with van der Waals surface area (Å²) in [6, 6.07) is 3.03. The Bertz CT molecular complexity index is 507. The van der Waals surface area contributed by atoms with Crippen LogP contribution in [0.2, 0.25) is 0 Å². The van der Waals surface area contributed by atoms with Crippen molar-refractivity contribution in [3.05, 3.63) is 23.3 Å². The van der Waals surface area contributed by atoms with E-state index in [0.717, 1.165) is 0 Å². The fourth-order valence-electron chi connectivity index (χ4n) is 1.81. The van der Waals surface area contributed by atoms with Gasteiger partial charge in [0.15, 0.2) is 0 Å². The number of aliphatic hydroxyl groups is 1. The highest BCUT2D eigenvalue weighted by molar-refractivity contribution is 5.95. The Morgan fingerprint density at radius 1 is 1.30 bits per heavy atom. The Balaban J connectivity index is 3.43. The van der Waals surface area contributed by atoms with Crippen LogP contribution in [0.1, 0.15) is 29.8 Å². The number of hydrogen-bond acceptors (Lipinski definition) is 6. The summed E-state index contributed by atoms with van der Waals surface area (Å²) in [6.07, 6.45) is -0.466. The first-order chi connectivity index (χ1) is 9.38. The molecule has 0 heterocycles. The number of carbonyl (C=O) groups is 2. The van der Waals surface area contributed by atoms with Gasteiger partial charge < -0.3 is 19.3 Å². The SMILES string of the molecule is COC(=O)c1c(CC(C)O)cc(OC)cc1OC(C)=O. The molecule has 6 heteroatoms. The van der Waals surface area contributed by atoms with Crippen LogP contribution in [-0.2, 0) is 16.0 Å². The Morgan fingerprint density at radius 2 is 1.95 bits per heavy atom. The molecule has 0 aliphatic carbocycles. The molecule has 110 valence electrons. The van der Waals surface area contributed by atoms with Crippen molar-refractivity contribution in [3.63, 3.8) is 0 Å². The highest BCUT2D eigenvalue weighted by Crippen LogP contribution is 2.30. The standard InChI is InChI=1S/C14H18O6/c1-8(15)5-10-6-11(18-3)7-12(20-9(2)16)13(10)14(17)19-4/h6-8,15H,5H2,1-4H3. The number of hydrogen-bond donors (Lipinski definition) is 1. The molecule has 0 saturated heterocycles. The topological polar surface area (TPSA) is 82.1 Å². The van der Waals surface area contributed by atoms with Gasteiger partial charge in [-0.15, -0.1) is 0 Å². The molecule has 0 radical (unpaired) electrons. The third-order valence-corrected chi connectivity index (χ3v) is 2.55. The van der Waals surface area contributed by atoms with Gasteiger partial charge in [-0.3, -0.25) is 4.79 Å². The van der Waals surface area contributed by atoms with Crippen LogP contribution in [-0.4, -0.2) is 37.4 Å². The monoisotopic (exact) mass is 282 g/mol. The number of ether oxygens (including phenoxy) is 3. The van der Waals surface area contributed by atoms with Crippen molar-refractivity contribution >= 4 is 11.9 Å². The highest BCUT2D eigenvalue weighted by atomic mass is 16.5. The van der Waals surface area contributed by atoms with Crippen LogP contribution in [0.5, 0.6) is 11.5 Å². The molecule has 1 aromatic carbocycles. The van der Waals surface area contributed by atoms with Gasteiger partial charge in [-0.05, 0) is 25.0 Å². The van der Waals surface area contributed by atoms with Crippen molar-refractivity contribution < 1.29 is 28.9 Å². The van der Waals surface area contributed by atoms with E-state index in [1.165, 1.54) is 27.2 Å². The summed E-state index contributed by atoms with van der Waals surface area (Å²) in [5.41, 5.74) is 0.604. The van der Waals surface area contributed by atoms with Crippen LogP contribution in [0.3, 0.4) is 0 Å². The molecule has 6 nitrogen and oxygen atoms in total. The van der Waals surface area contributed by atoms with Gasteiger partial charge in [0.05, 0.1) is 20.3 Å². The van der Waals surface area contributed by atoms with Crippen molar-refractivity contribution in [2.45, 2.75) is 26.4 Å². The van der Waals surface area contributed by atoms with Crippen molar-refractivity contribution in [2.75, 3.05) is 14.2 Å². The minimum atomic E-state index is -0.671. The van der Waals surface area contributed by atoms with E-state index in [0.29, 0.717) is 11.3 Å². The van der Waals surface area contributed by atoms with Crippen LogP contribution >= 0.6 is 0 Å². The molecule has 0 spiro atoms. The Labute approximate surface area is 117 Å². The molecule has 0 saturated carbocycles. The highest BCUT2D eigenvalue weighted by Gasteiger charge is 2.22. The Morgan fingerprint density at radius 3 is 2.40 bits per heavy atom. The fraction of sp³-hybridized carbons (Fsp3) is 0.429. The summed E-state index contributed by atoms with van der Waals surface area (Å²) in [5, 5.41) is 9.52. The zero-order valence-corrected chi connectivity index (χ0v) is 11.9. The van der Waals surface area contributed by atoms with Gasteiger partial charge in [0.1, 0.15) is 17.1 Å². The summed E-state index contributed by atoms with van der Waals surface area (Å²) in [6.45, 7) is 2.82. The molecular formula is C14H18O6. The van der Waals surface area contributed by atoms with Crippen molar-refractivity contribution in [3.8, 4) is 11.5 Å². The second kappa shape index (κ2) is 6.91. The molecular weight excluding hydrogens is 264 g/mol. The normalized spacial score (nSPS) is 11.7. The van der Waals surface area contributed by atoms with Crippen LogP contribution in [0.4, 0.5) is 0 Å². The van der Waals surface area contributed by atoms with E-state index in [4.69, 9.17) is 14.2 Å². The van der Waals surface area contributed by atoms with E-state index < -0.39 is 18.0 Å². The summed E-state index contributed by atoms with van der Waals surface area (Å²) in [7, 11) is 2.69. The second-order valence-corrected chi connectivity index (χ2v) is 4.30. The van der Waals surface area contributed by atoms with Gasteiger partial charge in [0.2, 0.25) is 0 Å². The van der Waals surface area contributed by atoms with Gasteiger partial charge in [0, 0.05) is 13.0 Å². The lowest BCUT2D eigenvalue weighted by Crippen LogP contribution is -2.15. The lowest BCUT2D eigenvalue weighted by atomic mass is 10.0. The largest absolute Gasteiger partial charge is 0.497 e. The van der Waals surface area contributed by atoms with Crippen LogP contribution in [0.25, 0.3) is 0 Å². The number of methoxy groups -OCH3 is 2. The van der Waals surface area contributed by atoms with Gasteiger partial charge in [-0.1, -0.05) is 0 Å². The molecule has 1 atom stereocenters. The van der Waals surface area contributed by atoms with E-state index in [1.54, 1.807) is 13.0 Å². The molecule has 0 fully saturated rings. The fourth-order valence-corrected chi connectivity index (χ4v) is 1.81. The van der Waals surface area contributed by atoms with E-state index in [1.807, 2.05) is 0 Å². The Hall–Kier alpha value is -2.08. The number of carbonyl (C=O) groups excluding carboxylic acids is 2. The van der Waals surface area contributed by atoms with E-state index in [9.17, 15) is 14.7 Å². The molecule has 0 amide bonds. The molecule has 0 aliphatic rings. The van der Waals surface area contributed by atoms with Crippen molar-refractivity contribution in [1.82, 2.24) is 0 Å². The molecule has 0 bridgehead atoms. The average molecular weight is 282 g/mol. The molecule has 20 heavy (non-hydrogen) atoms. The number of rotatable bonds is 5. The van der Waals surface area contributed by atoms with Crippen LogP contribution in [0, 0.1) is 0 Å². The van der Waals surface area contributed by atoms with Crippen LogP contribution in [0.15, 0.2) is 12.1 Å². The van der Waals surface area contributed by atoms with Gasteiger partial charge in [-0.25, -0.2) is 4.79 Å². The van der Waals surface area contributed by atoms with Crippen LogP contribution < -0.4 is 9.47 Å². The van der Waals surface area contributed by atoms with Crippen molar-refractivity contribution in [2.24, 2.45) is 0 Å². The number of benzene rings is 1. The average Bonchev–Trinajstić information content (AvgIpc) is 2.36. The zero-order chi connectivity index (χ0) is 15.3. The maximum atomic E-state index is 11.9. The third kappa shape index (κ3) is 3.96. The zero-order valence-electron chi connectivity index (χ0n) is 11.9. The van der Waals surface area contributed by atoms with Gasteiger partial charge in [0.25, 0.3) is 0 Å². The van der Waals surface area contributed by atoms with Gasteiger partial charge in [-0.2, -0.15) is 0 Å². The third-order valence-electron chi connectivity index (χ3n) is 2.55. The predicted octanol–water partition coefficient (Wildman–Crippen LogP) is 1.33. The quantitative estimate of drug-likeness (QED) is 0.648. The maximum absolute atomic E-state index is 11.9. The minimum Gasteiger partial charge on any atom is -0.497 e. The van der Waals surface area contributed by atoms with E-state index >= 15 is 0 Å².